The Morgan fingerprint density at radius 2 is 1.21 bits per heavy atom. The molecular weight excluding hydrogens is 498 g/mol. The van der Waals surface area contributed by atoms with Crippen LogP contribution in [0, 0.1) is 6.92 Å². The predicted molar refractivity (Wildman–Crippen MR) is 132 cm³/mol. The molecule has 2 aromatic carbocycles. The quantitative estimate of drug-likeness (QED) is 0.278. The van der Waals surface area contributed by atoms with Crippen molar-refractivity contribution in [3.63, 3.8) is 0 Å². The molecular formula is C20H21N7O4S3. The van der Waals surface area contributed by atoms with Crippen LogP contribution < -0.4 is 20.9 Å². The van der Waals surface area contributed by atoms with Gasteiger partial charge in [-0.2, -0.15) is 0 Å². The molecule has 0 amide bonds. The topological polar surface area (TPSA) is 183 Å². The molecule has 178 valence electrons. The molecule has 14 heteroatoms. The lowest BCUT2D eigenvalue weighted by atomic mass is 10.3. The molecule has 6 N–H and O–H groups in total. The van der Waals surface area contributed by atoms with E-state index in [1.165, 1.54) is 78.5 Å². The van der Waals surface area contributed by atoms with Crippen molar-refractivity contribution >= 4 is 53.8 Å². The molecule has 2 heterocycles. The number of nitrogens with one attached hydrogen (secondary N) is 2. The van der Waals surface area contributed by atoms with E-state index < -0.39 is 20.0 Å². The molecule has 11 nitrogen and oxygen atoms in total. The van der Waals surface area contributed by atoms with Crippen molar-refractivity contribution in [2.24, 2.45) is 0 Å². The highest BCUT2D eigenvalue weighted by Gasteiger charge is 2.15. The maximum absolute atomic E-state index is 12.0. The van der Waals surface area contributed by atoms with Crippen LogP contribution in [-0.4, -0.2) is 31.8 Å². The van der Waals surface area contributed by atoms with E-state index in [2.05, 4.69) is 24.4 Å². The number of hydrogen-bond acceptors (Lipinski definition) is 10. The average molecular weight is 520 g/mol. The van der Waals surface area contributed by atoms with Crippen LogP contribution in [0.4, 0.5) is 22.5 Å². The molecule has 0 aliphatic heterocycles. The van der Waals surface area contributed by atoms with Crippen LogP contribution in [-0.2, 0) is 20.0 Å². The van der Waals surface area contributed by atoms with Crippen molar-refractivity contribution in [3.05, 3.63) is 78.1 Å². The Bertz CT molecular complexity index is 1420. The van der Waals surface area contributed by atoms with E-state index in [1.54, 1.807) is 5.38 Å². The average Bonchev–Trinajstić information content (AvgIpc) is 3.29. The number of thiazole rings is 1. The third-order valence-electron chi connectivity index (χ3n) is 4.04. The molecule has 2 aromatic heterocycles. The predicted octanol–water partition coefficient (Wildman–Crippen LogP) is 2.69. The zero-order chi connectivity index (χ0) is 24.8. The minimum atomic E-state index is -3.67. The number of sulfonamides is 2. The number of aromatic nitrogens is 3. The van der Waals surface area contributed by atoms with Gasteiger partial charge in [-0.05, 0) is 61.0 Å². The Balaban J connectivity index is 0.000000192. The molecule has 0 radical (unpaired) electrons. The maximum Gasteiger partial charge on any atom is 0.264 e. The normalized spacial score (nSPS) is 11.2. The van der Waals surface area contributed by atoms with Crippen LogP contribution in [0.15, 0.2) is 82.3 Å². The van der Waals surface area contributed by atoms with E-state index in [4.69, 9.17) is 11.5 Å². The molecule has 0 aliphatic rings. The third-order valence-corrected chi connectivity index (χ3v) is 7.56. The first kappa shape index (κ1) is 24.9. The van der Waals surface area contributed by atoms with Crippen LogP contribution in [0.1, 0.15) is 5.56 Å². The molecule has 0 aliphatic carbocycles. The Kier molecular flexibility index (Phi) is 7.65. The van der Waals surface area contributed by atoms with Crippen LogP contribution >= 0.6 is 11.3 Å². The van der Waals surface area contributed by atoms with Crippen molar-refractivity contribution < 1.29 is 16.8 Å². The second-order valence-corrected chi connectivity index (χ2v) is 11.0. The van der Waals surface area contributed by atoms with E-state index in [0.717, 1.165) is 5.56 Å². The summed E-state index contributed by atoms with van der Waals surface area (Å²) in [7, 11) is -7.23. The Labute approximate surface area is 201 Å². The summed E-state index contributed by atoms with van der Waals surface area (Å²) in [5, 5.41) is 2.04. The fraction of sp³-hybridized carbons (Fsp3) is 0.0500. The van der Waals surface area contributed by atoms with Crippen LogP contribution in [0.25, 0.3) is 0 Å². The molecule has 4 rings (SSSR count). The summed E-state index contributed by atoms with van der Waals surface area (Å²) in [4.78, 5) is 11.9. The highest BCUT2D eigenvalue weighted by Crippen LogP contribution is 2.18. The minimum Gasteiger partial charge on any atom is -0.399 e. The number of benzene rings is 2. The van der Waals surface area contributed by atoms with Gasteiger partial charge in [-0.1, -0.05) is 0 Å². The lowest BCUT2D eigenvalue weighted by Crippen LogP contribution is -2.15. The van der Waals surface area contributed by atoms with E-state index in [-0.39, 0.29) is 15.7 Å². The number of aryl methyl sites for hydroxylation is 1. The molecule has 0 atom stereocenters. The number of nitrogens with two attached hydrogens (primary N) is 2. The second kappa shape index (κ2) is 10.5. The molecule has 0 fully saturated rings. The van der Waals surface area contributed by atoms with Gasteiger partial charge in [0, 0.05) is 35.3 Å². The van der Waals surface area contributed by atoms with E-state index in [0.29, 0.717) is 16.5 Å². The van der Waals surface area contributed by atoms with Gasteiger partial charge in [0.05, 0.1) is 9.79 Å². The Hall–Kier alpha value is -3.75. The van der Waals surface area contributed by atoms with Gasteiger partial charge in [0.1, 0.15) is 0 Å². The van der Waals surface area contributed by atoms with Gasteiger partial charge in [0.25, 0.3) is 20.0 Å². The van der Waals surface area contributed by atoms with Crippen molar-refractivity contribution in [1.29, 1.82) is 0 Å². The smallest absolute Gasteiger partial charge is 0.264 e. The van der Waals surface area contributed by atoms with Gasteiger partial charge < -0.3 is 11.5 Å². The lowest BCUT2D eigenvalue weighted by Gasteiger charge is -2.06. The van der Waals surface area contributed by atoms with Gasteiger partial charge in [-0.3, -0.25) is 4.72 Å². The summed E-state index contributed by atoms with van der Waals surface area (Å²) in [5.74, 6) is 0.0393. The number of hydrogen-bond donors (Lipinski definition) is 4. The molecule has 0 saturated carbocycles. The zero-order valence-corrected chi connectivity index (χ0v) is 20.2. The Morgan fingerprint density at radius 1 is 0.735 bits per heavy atom. The fourth-order valence-electron chi connectivity index (χ4n) is 2.37. The summed E-state index contributed by atoms with van der Waals surface area (Å²) in [6, 6.07) is 11.9. The van der Waals surface area contributed by atoms with Crippen LogP contribution in [0.2, 0.25) is 0 Å². The summed E-state index contributed by atoms with van der Waals surface area (Å²) in [5.41, 5.74) is 12.9. The van der Waals surface area contributed by atoms with Crippen molar-refractivity contribution in [3.8, 4) is 0 Å². The number of nitrogen functional groups attached to an aromatic ring is 2. The van der Waals surface area contributed by atoms with Gasteiger partial charge in [0.15, 0.2) is 5.13 Å². The SMILES string of the molecule is Cc1cnc(NS(=O)(=O)c2ccc(N)cc2)nc1.Nc1ccc(S(=O)(=O)Nc2nccs2)cc1. The molecule has 0 bridgehead atoms. The number of rotatable bonds is 6. The van der Waals surface area contributed by atoms with Crippen molar-refractivity contribution in [2.75, 3.05) is 20.9 Å². The van der Waals surface area contributed by atoms with E-state index in [9.17, 15) is 16.8 Å². The van der Waals surface area contributed by atoms with Crippen LogP contribution in [0.3, 0.4) is 0 Å². The molecule has 0 unspecified atom stereocenters. The summed E-state index contributed by atoms with van der Waals surface area (Å²) < 4.78 is 52.2. The Morgan fingerprint density at radius 3 is 1.65 bits per heavy atom. The summed E-state index contributed by atoms with van der Waals surface area (Å²) in [6.45, 7) is 1.82. The minimum absolute atomic E-state index is 0.0393. The first-order chi connectivity index (χ1) is 16.0. The largest absolute Gasteiger partial charge is 0.399 e. The monoisotopic (exact) mass is 519 g/mol. The molecule has 0 spiro atoms. The number of nitrogens with zero attached hydrogens (tertiary/aromatic N) is 3. The summed E-state index contributed by atoms with van der Waals surface area (Å²) in [6.07, 6.45) is 4.60. The van der Waals surface area contributed by atoms with Gasteiger partial charge in [-0.25, -0.2) is 36.5 Å². The maximum atomic E-state index is 12.0. The van der Waals surface area contributed by atoms with E-state index in [1.807, 2.05) is 6.92 Å². The van der Waals surface area contributed by atoms with Crippen molar-refractivity contribution in [1.82, 2.24) is 15.0 Å². The molecule has 4 aromatic rings. The summed E-state index contributed by atoms with van der Waals surface area (Å²) >= 11 is 1.22. The number of anilines is 4. The van der Waals surface area contributed by atoms with Crippen LogP contribution in [0.5, 0.6) is 0 Å². The highest BCUT2D eigenvalue weighted by atomic mass is 32.2. The molecule has 0 saturated heterocycles. The van der Waals surface area contributed by atoms with Crippen molar-refractivity contribution in [2.45, 2.75) is 16.7 Å². The van der Waals surface area contributed by atoms with Gasteiger partial charge in [0.2, 0.25) is 5.95 Å². The zero-order valence-electron chi connectivity index (χ0n) is 17.8. The van der Waals surface area contributed by atoms with Gasteiger partial charge >= 0.3 is 0 Å². The fourth-order valence-corrected chi connectivity index (χ4v) is 5.11. The third kappa shape index (κ3) is 6.87. The van der Waals surface area contributed by atoms with E-state index >= 15 is 0 Å². The lowest BCUT2D eigenvalue weighted by molar-refractivity contribution is 0.599. The molecule has 34 heavy (non-hydrogen) atoms. The van der Waals surface area contributed by atoms with Gasteiger partial charge in [-0.15, -0.1) is 11.3 Å². The first-order valence-electron chi connectivity index (χ1n) is 9.50. The second-order valence-electron chi connectivity index (χ2n) is 6.77. The highest BCUT2D eigenvalue weighted by molar-refractivity contribution is 7.93. The first-order valence-corrected chi connectivity index (χ1v) is 13.3. The standard InChI is InChI=1S/C11H12N4O2S.C9H9N3O2S2/c1-8-6-13-11(14-7-8)15-18(16,17)10-4-2-9(12)3-5-10;10-7-1-3-8(4-2-7)16(13,14)12-9-11-5-6-15-9/h2-7H,12H2,1H3,(H,13,14,15);1-6H,10H2,(H,11,12).